The van der Waals surface area contributed by atoms with E-state index in [-0.39, 0.29) is 85.4 Å². The van der Waals surface area contributed by atoms with Gasteiger partial charge in [0, 0.05) is 50.3 Å². The summed E-state index contributed by atoms with van der Waals surface area (Å²) < 4.78 is 0. The largest absolute Gasteiger partial charge is 0 e. The predicted molar refractivity (Wildman–Crippen MR) is 10.8 cm³/mol. The Morgan fingerprint density at radius 3 is 1.00 bits per heavy atom. The maximum absolute atomic E-state index is 0. The minimum Gasteiger partial charge on any atom is 0 e. The van der Waals surface area contributed by atoms with Crippen molar-refractivity contribution in [2.24, 2.45) is 0 Å². The standard InChI is InChI=1S/Co.Mn.Na.Ni.H2O.H/h;;;;1H2;. The molecule has 0 amide bonds. The Bertz CT molecular complexity index is 11.6. The first-order chi connectivity index (χ1) is 0. The zero-order chi connectivity index (χ0) is 0. The van der Waals surface area contributed by atoms with Gasteiger partial charge in [0.25, 0.3) is 0 Å². The molecule has 0 spiro atoms. The van der Waals surface area contributed by atoms with Gasteiger partial charge < -0.3 is 5.48 Å². The van der Waals surface area contributed by atoms with Crippen molar-refractivity contribution in [1.82, 2.24) is 0 Å². The number of hydrogen-bond acceptors (Lipinski definition) is 0. The van der Waals surface area contributed by atoms with Gasteiger partial charge in [-0.1, -0.05) is 0 Å². The second-order valence-electron chi connectivity index (χ2n) is 0. The van der Waals surface area contributed by atoms with Crippen LogP contribution in [0.25, 0.3) is 0 Å². The van der Waals surface area contributed by atoms with E-state index in [0.29, 0.717) is 0 Å². The maximum atomic E-state index is 0. The van der Waals surface area contributed by atoms with Gasteiger partial charge in [0.1, 0.15) is 0 Å². The molecule has 0 saturated carbocycles. The van der Waals surface area contributed by atoms with E-state index in [2.05, 4.69) is 0 Å². The van der Waals surface area contributed by atoms with Gasteiger partial charge in [0.2, 0.25) is 0 Å². The molecule has 0 aliphatic rings. The first kappa shape index (κ1) is 51.1. The molecular formula is H3CoMnNaNiO. The summed E-state index contributed by atoms with van der Waals surface area (Å²) in [6, 6.07) is 0. The Balaban J connectivity index is 0. The molecule has 0 aromatic carbocycles. The Labute approximate surface area is 84.2 Å². The minimum atomic E-state index is 0. The van der Waals surface area contributed by atoms with Crippen LogP contribution in [0.1, 0.15) is 0 Å². The van der Waals surface area contributed by atoms with Gasteiger partial charge in [-0.05, 0) is 0 Å². The molecule has 0 rings (SSSR count). The average molecular weight is 215 g/mol. The molecule has 2 radical (unpaired) electrons. The van der Waals surface area contributed by atoms with Gasteiger partial charge in [-0.3, -0.25) is 0 Å². The Kier molecular flexibility index (Phi) is 323. The molecular weight excluding hydrogens is 212 g/mol. The first-order valence-electron chi connectivity index (χ1n) is 0. The molecule has 0 heterocycles. The van der Waals surface area contributed by atoms with Gasteiger partial charge in [-0.15, -0.1) is 0 Å². The molecule has 0 aromatic heterocycles. The van der Waals surface area contributed by atoms with Gasteiger partial charge >= 0.3 is 29.6 Å². The normalized spacial score (nSPS) is 0. The van der Waals surface area contributed by atoms with Crippen molar-refractivity contribution in [3.63, 3.8) is 0 Å². The second kappa shape index (κ2) is 31.6. The van der Waals surface area contributed by atoms with Gasteiger partial charge in [-0.25, -0.2) is 0 Å². The maximum Gasteiger partial charge on any atom is 0 e. The zero-order valence-corrected chi connectivity index (χ0v) is 4.74. The molecule has 0 atom stereocenters. The van der Waals surface area contributed by atoms with Crippen molar-refractivity contribution in [1.29, 1.82) is 0 Å². The van der Waals surface area contributed by atoms with E-state index in [1.54, 1.807) is 0 Å². The van der Waals surface area contributed by atoms with Crippen molar-refractivity contribution in [3.8, 4) is 0 Å². The third kappa shape index (κ3) is 21.1. The third-order valence-electron chi connectivity index (χ3n) is 0. The van der Waals surface area contributed by atoms with E-state index in [1.165, 1.54) is 0 Å². The Morgan fingerprint density at radius 2 is 1.00 bits per heavy atom. The first-order valence-corrected chi connectivity index (χ1v) is 0. The molecule has 0 fully saturated rings. The van der Waals surface area contributed by atoms with Crippen molar-refractivity contribution >= 4 is 29.6 Å². The topological polar surface area (TPSA) is 31.5 Å². The summed E-state index contributed by atoms with van der Waals surface area (Å²) in [5.74, 6) is 0. The van der Waals surface area contributed by atoms with E-state index in [1.807, 2.05) is 0 Å². The summed E-state index contributed by atoms with van der Waals surface area (Å²) in [5.41, 5.74) is 0. The molecule has 0 aliphatic heterocycles. The molecule has 5 heteroatoms. The fraction of sp³-hybridized carbons (Fsp3) is 0. The predicted octanol–water partition coefficient (Wildman–Crippen LogP) is -1.48. The van der Waals surface area contributed by atoms with E-state index in [4.69, 9.17) is 0 Å². The second-order valence-corrected chi connectivity index (χ2v) is 0. The molecule has 0 aliphatic carbocycles. The van der Waals surface area contributed by atoms with Crippen LogP contribution < -0.4 is 0 Å². The quantitative estimate of drug-likeness (QED) is 0.441. The van der Waals surface area contributed by atoms with Crippen molar-refractivity contribution in [2.75, 3.05) is 0 Å². The molecule has 0 bridgehead atoms. The Morgan fingerprint density at radius 1 is 1.00 bits per heavy atom. The van der Waals surface area contributed by atoms with E-state index >= 15 is 0 Å². The van der Waals surface area contributed by atoms with Crippen LogP contribution in [0, 0.1) is 0 Å². The average Bonchev–Trinajstić information content (AvgIpc) is 0. The molecule has 0 unspecified atom stereocenters. The minimum absolute atomic E-state index is 0. The van der Waals surface area contributed by atoms with E-state index < -0.39 is 0 Å². The summed E-state index contributed by atoms with van der Waals surface area (Å²) >= 11 is 0. The van der Waals surface area contributed by atoms with E-state index in [9.17, 15) is 0 Å². The smallest absolute Gasteiger partial charge is 0 e. The molecule has 0 aromatic rings. The van der Waals surface area contributed by atoms with Crippen LogP contribution in [-0.2, 0) is 50.3 Å². The van der Waals surface area contributed by atoms with Crippen molar-refractivity contribution < 1.29 is 55.8 Å². The van der Waals surface area contributed by atoms with Gasteiger partial charge in [0.05, 0.1) is 0 Å². The molecule has 5 heavy (non-hydrogen) atoms. The third-order valence-corrected chi connectivity index (χ3v) is 0. The molecule has 0 saturated heterocycles. The number of hydrogen-bond donors (Lipinski definition) is 0. The summed E-state index contributed by atoms with van der Waals surface area (Å²) in [5, 5.41) is 0. The SMILES string of the molecule is O.[Co].[Mn].[NaH].[Ni]. The van der Waals surface area contributed by atoms with Crippen LogP contribution in [0.3, 0.4) is 0 Å². The molecule has 2 N–H and O–H groups in total. The van der Waals surface area contributed by atoms with Crippen molar-refractivity contribution in [2.45, 2.75) is 0 Å². The Hall–Kier alpha value is 2.48. The van der Waals surface area contributed by atoms with Gasteiger partial charge in [-0.2, -0.15) is 0 Å². The van der Waals surface area contributed by atoms with Crippen LogP contribution in [0.2, 0.25) is 0 Å². The molecule has 1 nitrogen and oxygen atoms in total. The number of rotatable bonds is 0. The fourth-order valence-electron chi connectivity index (χ4n) is 0. The molecule has 36 valence electrons. The van der Waals surface area contributed by atoms with Crippen LogP contribution in [0.4, 0.5) is 0 Å². The van der Waals surface area contributed by atoms with Crippen molar-refractivity contribution in [3.05, 3.63) is 0 Å². The monoisotopic (exact) mass is 214 g/mol. The van der Waals surface area contributed by atoms with Gasteiger partial charge in [0.15, 0.2) is 0 Å². The van der Waals surface area contributed by atoms with Crippen LogP contribution >= 0.6 is 0 Å². The zero-order valence-electron chi connectivity index (χ0n) is 1.53. The van der Waals surface area contributed by atoms with Crippen LogP contribution in [0.15, 0.2) is 0 Å². The van der Waals surface area contributed by atoms with Crippen LogP contribution in [-0.4, -0.2) is 35.0 Å². The summed E-state index contributed by atoms with van der Waals surface area (Å²) in [7, 11) is 0. The summed E-state index contributed by atoms with van der Waals surface area (Å²) in [4.78, 5) is 0. The summed E-state index contributed by atoms with van der Waals surface area (Å²) in [6.07, 6.45) is 0. The fourth-order valence-corrected chi connectivity index (χ4v) is 0. The van der Waals surface area contributed by atoms with E-state index in [0.717, 1.165) is 0 Å². The summed E-state index contributed by atoms with van der Waals surface area (Å²) in [6.45, 7) is 0. The van der Waals surface area contributed by atoms with Crippen LogP contribution in [0.5, 0.6) is 0 Å².